The molecule has 0 atom stereocenters. The molecule has 0 aromatic carbocycles. The summed E-state index contributed by atoms with van der Waals surface area (Å²) in [5.41, 5.74) is -2.26. The molecule has 0 amide bonds. The van der Waals surface area contributed by atoms with Crippen molar-refractivity contribution in [2.24, 2.45) is 0 Å². The van der Waals surface area contributed by atoms with E-state index in [4.69, 9.17) is 5.11 Å². The summed E-state index contributed by atoms with van der Waals surface area (Å²) in [6, 6.07) is 0. The van der Waals surface area contributed by atoms with E-state index < -0.39 is 41.5 Å². The van der Waals surface area contributed by atoms with Crippen molar-refractivity contribution in [3.05, 3.63) is 17.5 Å². The number of carbonyl (C=O) groups is 1. The Morgan fingerprint density at radius 1 is 1.42 bits per heavy atom. The second-order valence-corrected chi connectivity index (χ2v) is 3.07. The van der Waals surface area contributed by atoms with Crippen molar-refractivity contribution in [3.63, 3.8) is 0 Å². The fourth-order valence-electron chi connectivity index (χ4n) is 1.26. The zero-order chi connectivity index (χ0) is 14.8. The molecule has 1 heterocycles. The molecule has 0 aliphatic heterocycles. The van der Waals surface area contributed by atoms with Gasteiger partial charge in [0.15, 0.2) is 17.2 Å². The van der Waals surface area contributed by atoms with Gasteiger partial charge in [-0.15, -0.1) is 13.2 Å². The first kappa shape index (κ1) is 14.9. The molecule has 0 aliphatic rings. The van der Waals surface area contributed by atoms with Gasteiger partial charge in [0, 0.05) is 0 Å². The largest absolute Gasteiger partial charge is 0.573 e. The number of pyridine rings is 1. The number of hydrogen-bond acceptors (Lipinski definition) is 4. The maximum atomic E-state index is 12.7. The Hall–Kier alpha value is -2.13. The number of hydrogen-bond donors (Lipinski definition) is 1. The molecular formula is C9H6F5NO4. The number of ether oxygens (including phenoxy) is 2. The van der Waals surface area contributed by atoms with Crippen molar-refractivity contribution < 1.29 is 41.3 Å². The van der Waals surface area contributed by atoms with Crippen LogP contribution in [0.5, 0.6) is 11.5 Å². The Morgan fingerprint density at radius 2 is 2.00 bits per heavy atom. The van der Waals surface area contributed by atoms with Gasteiger partial charge < -0.3 is 14.6 Å². The van der Waals surface area contributed by atoms with E-state index in [2.05, 4.69) is 14.5 Å². The minimum atomic E-state index is -5.22. The van der Waals surface area contributed by atoms with Crippen molar-refractivity contribution in [2.45, 2.75) is 12.8 Å². The van der Waals surface area contributed by atoms with Crippen molar-refractivity contribution in [2.75, 3.05) is 7.11 Å². The zero-order valence-corrected chi connectivity index (χ0v) is 9.16. The molecule has 1 aromatic rings. The van der Waals surface area contributed by atoms with Crippen LogP contribution in [-0.4, -0.2) is 29.5 Å². The summed E-state index contributed by atoms with van der Waals surface area (Å²) >= 11 is 0. The van der Waals surface area contributed by atoms with Gasteiger partial charge in [-0.25, -0.2) is 18.6 Å². The monoisotopic (exact) mass is 287 g/mol. The topological polar surface area (TPSA) is 68.7 Å². The Morgan fingerprint density at radius 3 is 2.37 bits per heavy atom. The van der Waals surface area contributed by atoms with Crippen molar-refractivity contribution >= 4 is 5.97 Å². The predicted molar refractivity (Wildman–Crippen MR) is 49.4 cm³/mol. The van der Waals surface area contributed by atoms with Gasteiger partial charge >= 0.3 is 12.3 Å². The highest BCUT2D eigenvalue weighted by Gasteiger charge is 2.36. The van der Waals surface area contributed by atoms with E-state index in [0.29, 0.717) is 0 Å². The number of nitrogens with zero attached hydrogens (tertiary/aromatic N) is 1. The minimum absolute atomic E-state index is 0.251. The molecule has 1 N–H and O–H groups in total. The van der Waals surface area contributed by atoms with E-state index in [1.54, 1.807) is 0 Å². The second-order valence-electron chi connectivity index (χ2n) is 3.07. The summed E-state index contributed by atoms with van der Waals surface area (Å²) in [5.74, 6) is -4.02. The van der Waals surface area contributed by atoms with Crippen LogP contribution in [0.3, 0.4) is 0 Å². The van der Waals surface area contributed by atoms with Crippen molar-refractivity contribution in [1.82, 2.24) is 4.98 Å². The lowest BCUT2D eigenvalue weighted by atomic mass is 10.2. The zero-order valence-electron chi connectivity index (χ0n) is 9.16. The molecule has 0 saturated heterocycles. The fraction of sp³-hybridized carbons (Fsp3) is 0.333. The van der Waals surface area contributed by atoms with Gasteiger partial charge in [-0.1, -0.05) is 0 Å². The fourth-order valence-corrected chi connectivity index (χ4v) is 1.26. The Balaban J connectivity index is 3.46. The van der Waals surface area contributed by atoms with Crippen LogP contribution in [0.2, 0.25) is 0 Å². The number of aromatic nitrogens is 1. The minimum Gasteiger partial charge on any atom is -0.494 e. The van der Waals surface area contributed by atoms with Gasteiger partial charge in [0.25, 0.3) is 6.43 Å². The Bertz CT molecular complexity index is 488. The lowest BCUT2D eigenvalue weighted by molar-refractivity contribution is -0.275. The van der Waals surface area contributed by atoms with Crippen LogP contribution < -0.4 is 9.47 Å². The number of carboxylic acids is 1. The van der Waals surface area contributed by atoms with E-state index in [1.165, 1.54) is 0 Å². The highest BCUT2D eigenvalue weighted by atomic mass is 19.4. The van der Waals surface area contributed by atoms with Gasteiger partial charge in [0.2, 0.25) is 0 Å². The maximum Gasteiger partial charge on any atom is 0.573 e. The highest BCUT2D eigenvalue weighted by molar-refractivity contribution is 5.89. The van der Waals surface area contributed by atoms with E-state index in [-0.39, 0.29) is 6.20 Å². The van der Waals surface area contributed by atoms with E-state index in [9.17, 15) is 26.7 Å². The van der Waals surface area contributed by atoms with E-state index in [1.807, 2.05) is 0 Å². The third-order valence-corrected chi connectivity index (χ3v) is 1.89. The van der Waals surface area contributed by atoms with Crippen LogP contribution in [0.25, 0.3) is 0 Å². The third-order valence-electron chi connectivity index (χ3n) is 1.89. The molecule has 0 radical (unpaired) electrons. The lowest BCUT2D eigenvalue weighted by Crippen LogP contribution is -2.19. The molecule has 1 aromatic heterocycles. The van der Waals surface area contributed by atoms with E-state index >= 15 is 0 Å². The molecule has 1 rings (SSSR count). The molecule has 0 fully saturated rings. The summed E-state index contributed by atoms with van der Waals surface area (Å²) < 4.78 is 69.3. The smallest absolute Gasteiger partial charge is 0.494 e. The summed E-state index contributed by atoms with van der Waals surface area (Å²) in [6.45, 7) is 0. The number of alkyl halides is 5. The first-order valence-corrected chi connectivity index (χ1v) is 4.51. The molecule has 0 unspecified atom stereocenters. The normalized spacial score (nSPS) is 11.5. The highest BCUT2D eigenvalue weighted by Crippen LogP contribution is 2.40. The molecule has 19 heavy (non-hydrogen) atoms. The van der Waals surface area contributed by atoms with Crippen LogP contribution >= 0.6 is 0 Å². The third kappa shape index (κ3) is 3.42. The summed E-state index contributed by atoms with van der Waals surface area (Å²) in [4.78, 5) is 13.8. The first-order chi connectivity index (χ1) is 8.67. The Labute approximate surface area is 102 Å². The average molecular weight is 287 g/mol. The molecule has 0 saturated carbocycles. The van der Waals surface area contributed by atoms with Gasteiger partial charge in [-0.05, 0) is 0 Å². The molecule has 5 nitrogen and oxygen atoms in total. The lowest BCUT2D eigenvalue weighted by Gasteiger charge is -2.16. The number of halogens is 5. The molecule has 106 valence electrons. The van der Waals surface area contributed by atoms with Crippen molar-refractivity contribution in [1.29, 1.82) is 0 Å². The molecule has 10 heteroatoms. The number of methoxy groups -OCH3 is 1. The number of rotatable bonds is 4. The van der Waals surface area contributed by atoms with Gasteiger partial charge in [0.05, 0.1) is 13.3 Å². The van der Waals surface area contributed by atoms with Gasteiger partial charge in [0.1, 0.15) is 5.56 Å². The van der Waals surface area contributed by atoms with Crippen LogP contribution in [0.1, 0.15) is 22.5 Å². The second kappa shape index (κ2) is 5.24. The molecule has 0 spiro atoms. The molecule has 0 bridgehead atoms. The predicted octanol–water partition coefficient (Wildman–Crippen LogP) is 2.62. The van der Waals surface area contributed by atoms with Crippen LogP contribution in [0, 0.1) is 0 Å². The Kier molecular flexibility index (Phi) is 4.12. The SMILES string of the molecule is COc1c(C(=O)O)ncc(OC(F)(F)F)c1C(F)F. The first-order valence-electron chi connectivity index (χ1n) is 4.51. The van der Waals surface area contributed by atoms with Crippen LogP contribution in [0.4, 0.5) is 22.0 Å². The summed E-state index contributed by atoms with van der Waals surface area (Å²) in [6.07, 6.45) is -8.41. The summed E-state index contributed by atoms with van der Waals surface area (Å²) in [5, 5.41) is 8.68. The van der Waals surface area contributed by atoms with E-state index in [0.717, 1.165) is 7.11 Å². The molecular weight excluding hydrogens is 281 g/mol. The number of aromatic carboxylic acids is 1. The molecule has 0 aliphatic carbocycles. The van der Waals surface area contributed by atoms with Crippen molar-refractivity contribution in [3.8, 4) is 11.5 Å². The standard InChI is InChI=1S/C9H6F5NO4/c1-18-6-4(7(10)11)3(19-9(12,13)14)2-15-5(6)8(16)17/h2,7H,1H3,(H,16,17). The number of carboxylic acid groups (broad SMARTS) is 1. The van der Waals surface area contributed by atoms with Crippen LogP contribution in [0.15, 0.2) is 6.20 Å². The quantitative estimate of drug-likeness (QED) is 0.862. The van der Waals surface area contributed by atoms with Gasteiger partial charge in [-0.2, -0.15) is 0 Å². The maximum absolute atomic E-state index is 12.7. The average Bonchev–Trinajstić information content (AvgIpc) is 2.25. The summed E-state index contributed by atoms with van der Waals surface area (Å²) in [7, 11) is 0.826. The van der Waals surface area contributed by atoms with Crippen LogP contribution in [-0.2, 0) is 0 Å². The van der Waals surface area contributed by atoms with Gasteiger partial charge in [-0.3, -0.25) is 0 Å².